The van der Waals surface area contributed by atoms with E-state index >= 15 is 0 Å². The van der Waals surface area contributed by atoms with Gasteiger partial charge in [-0.05, 0) is 31.2 Å². The van der Waals surface area contributed by atoms with Crippen LogP contribution in [0.4, 0.5) is 5.69 Å². The molecule has 0 aliphatic rings. The van der Waals surface area contributed by atoms with E-state index in [1.54, 1.807) is 4.57 Å². The van der Waals surface area contributed by atoms with E-state index in [9.17, 15) is 4.79 Å². The lowest BCUT2D eigenvalue weighted by molar-refractivity contribution is -0.113. The molecule has 152 valence electrons. The van der Waals surface area contributed by atoms with Crippen LogP contribution in [0.15, 0.2) is 47.6 Å². The number of benzene rings is 2. The topological polar surface area (TPSA) is 69.0 Å². The van der Waals surface area contributed by atoms with Gasteiger partial charge in [0, 0.05) is 7.05 Å². The van der Waals surface area contributed by atoms with Gasteiger partial charge in [-0.2, -0.15) is 0 Å². The van der Waals surface area contributed by atoms with Gasteiger partial charge in [0.15, 0.2) is 17.1 Å². The Hall–Kier alpha value is -1.93. The summed E-state index contributed by atoms with van der Waals surface area (Å²) in [6.45, 7) is 1.89. The first kappa shape index (κ1) is 21.8. The molecule has 0 bridgehead atoms. The van der Waals surface area contributed by atoms with Gasteiger partial charge in [0.05, 0.1) is 26.5 Å². The summed E-state index contributed by atoms with van der Waals surface area (Å²) in [6.07, 6.45) is -0.298. The molecule has 0 saturated carbocycles. The number of thioether (sulfide) groups is 1. The molecule has 0 fully saturated rings. The number of hydrogen-bond donors (Lipinski definition) is 1. The van der Waals surface area contributed by atoms with Crippen LogP contribution in [-0.2, 0) is 11.8 Å². The number of nitrogens with zero attached hydrogens (tertiary/aromatic N) is 3. The van der Waals surface area contributed by atoms with Crippen LogP contribution in [0.3, 0.4) is 0 Å². The number of nitrogens with one attached hydrogen (secondary N) is 1. The van der Waals surface area contributed by atoms with Crippen molar-refractivity contribution in [2.24, 2.45) is 7.05 Å². The van der Waals surface area contributed by atoms with Crippen molar-refractivity contribution in [3.8, 4) is 5.75 Å². The molecule has 0 spiro atoms. The summed E-state index contributed by atoms with van der Waals surface area (Å²) in [7, 11) is 1.83. The lowest BCUT2D eigenvalue weighted by atomic mass is 10.3. The van der Waals surface area contributed by atoms with Crippen LogP contribution in [0.1, 0.15) is 18.9 Å². The molecule has 3 rings (SSSR count). The van der Waals surface area contributed by atoms with Crippen LogP contribution in [-0.4, -0.2) is 26.4 Å². The predicted octanol–water partition coefficient (Wildman–Crippen LogP) is 5.65. The van der Waals surface area contributed by atoms with Gasteiger partial charge in [0.25, 0.3) is 0 Å². The highest BCUT2D eigenvalue weighted by atomic mass is 35.5. The number of carbonyl (C=O) groups is 1. The van der Waals surface area contributed by atoms with Crippen molar-refractivity contribution in [1.29, 1.82) is 0 Å². The Morgan fingerprint density at radius 3 is 2.55 bits per heavy atom. The number of amides is 1. The zero-order chi connectivity index (χ0) is 21.0. The summed E-state index contributed by atoms with van der Waals surface area (Å²) in [5.74, 6) is 1.27. The van der Waals surface area contributed by atoms with Crippen molar-refractivity contribution in [3.05, 3.63) is 63.4 Å². The first-order chi connectivity index (χ1) is 13.8. The molecule has 10 heteroatoms. The summed E-state index contributed by atoms with van der Waals surface area (Å²) in [4.78, 5) is 12.3. The minimum absolute atomic E-state index is 0.121. The highest BCUT2D eigenvalue weighted by Crippen LogP contribution is 2.32. The normalized spacial score (nSPS) is 11.9. The van der Waals surface area contributed by atoms with Gasteiger partial charge >= 0.3 is 0 Å². The maximum Gasteiger partial charge on any atom is 0.234 e. The number of ether oxygens (including phenoxy) is 1. The Morgan fingerprint density at radius 2 is 1.83 bits per heavy atom. The minimum atomic E-state index is -0.298. The second-order valence-electron chi connectivity index (χ2n) is 6.06. The fourth-order valence-electron chi connectivity index (χ4n) is 2.50. The molecule has 0 radical (unpaired) electrons. The summed E-state index contributed by atoms with van der Waals surface area (Å²) in [6, 6.07) is 12.5. The maximum atomic E-state index is 12.3. The summed E-state index contributed by atoms with van der Waals surface area (Å²) in [5.41, 5.74) is 0.398. The molecule has 0 saturated heterocycles. The first-order valence-electron chi connectivity index (χ1n) is 8.53. The molecular weight excluding hydrogens is 455 g/mol. The van der Waals surface area contributed by atoms with Crippen LogP contribution in [0, 0.1) is 0 Å². The molecule has 0 aliphatic carbocycles. The monoisotopic (exact) mass is 470 g/mol. The third kappa shape index (κ3) is 5.57. The fraction of sp³-hybridized carbons (Fsp3) is 0.211. The number of halogens is 3. The quantitative estimate of drug-likeness (QED) is 0.356. The summed E-state index contributed by atoms with van der Waals surface area (Å²) < 4.78 is 7.69. The van der Waals surface area contributed by atoms with Crippen LogP contribution < -0.4 is 10.1 Å². The number of hydrogen-bond acceptors (Lipinski definition) is 5. The summed E-state index contributed by atoms with van der Waals surface area (Å²) >= 11 is 19.2. The Kier molecular flexibility index (Phi) is 7.29. The first-order valence-corrected chi connectivity index (χ1v) is 10.6. The van der Waals surface area contributed by atoms with E-state index in [0.717, 1.165) is 5.75 Å². The van der Waals surface area contributed by atoms with Crippen LogP contribution in [0.2, 0.25) is 15.1 Å². The number of para-hydroxylation sites is 1. The van der Waals surface area contributed by atoms with Crippen molar-refractivity contribution < 1.29 is 9.53 Å². The number of anilines is 1. The average Bonchev–Trinajstić information content (AvgIpc) is 3.06. The van der Waals surface area contributed by atoms with E-state index in [4.69, 9.17) is 39.5 Å². The van der Waals surface area contributed by atoms with Crippen molar-refractivity contribution in [1.82, 2.24) is 14.8 Å². The van der Waals surface area contributed by atoms with Crippen molar-refractivity contribution in [2.75, 3.05) is 11.1 Å². The molecule has 0 aliphatic heterocycles. The van der Waals surface area contributed by atoms with Gasteiger partial charge in [-0.25, -0.2) is 0 Å². The average molecular weight is 472 g/mol. The highest BCUT2D eigenvalue weighted by molar-refractivity contribution is 7.99. The second kappa shape index (κ2) is 9.71. The Labute approximate surface area is 187 Å². The van der Waals surface area contributed by atoms with Crippen molar-refractivity contribution in [2.45, 2.75) is 18.2 Å². The molecular formula is C19H17Cl3N4O2S. The van der Waals surface area contributed by atoms with E-state index in [1.165, 1.54) is 23.9 Å². The molecule has 1 heterocycles. The molecule has 1 atom stereocenters. The van der Waals surface area contributed by atoms with Gasteiger partial charge in [0.2, 0.25) is 5.91 Å². The van der Waals surface area contributed by atoms with Gasteiger partial charge in [-0.1, -0.05) is 64.8 Å². The third-order valence-electron chi connectivity index (χ3n) is 3.90. The number of carbonyl (C=O) groups excluding carboxylic acids is 1. The molecule has 6 nitrogen and oxygen atoms in total. The van der Waals surface area contributed by atoms with E-state index < -0.39 is 0 Å². The molecule has 29 heavy (non-hydrogen) atoms. The van der Waals surface area contributed by atoms with Crippen molar-refractivity contribution >= 4 is 58.2 Å². The van der Waals surface area contributed by atoms with E-state index in [-0.39, 0.29) is 17.8 Å². The molecule has 1 N–H and O–H groups in total. The Balaban J connectivity index is 1.60. The molecule has 1 amide bonds. The van der Waals surface area contributed by atoms with Crippen molar-refractivity contribution in [3.63, 3.8) is 0 Å². The largest absolute Gasteiger partial charge is 0.483 e. The third-order valence-corrected chi connectivity index (χ3v) is 5.96. The standard InChI is InChI=1S/C19H17Cl3N4O2S/c1-11(28-12-6-4-3-5-7-12)18-24-25-19(26(18)2)29-10-17(27)23-16-9-14(21)13(20)8-15(16)22/h3-9,11H,10H2,1-2H3,(H,23,27)/t11-/m0/s1. The van der Waals surface area contributed by atoms with E-state index in [1.807, 2.05) is 44.3 Å². The fourth-order valence-corrected chi connectivity index (χ4v) is 3.81. The highest BCUT2D eigenvalue weighted by Gasteiger charge is 2.18. The number of aromatic nitrogens is 3. The smallest absolute Gasteiger partial charge is 0.234 e. The molecule has 0 unspecified atom stereocenters. The molecule has 3 aromatic rings. The maximum absolute atomic E-state index is 12.3. The number of rotatable bonds is 7. The van der Waals surface area contributed by atoms with Gasteiger partial charge < -0.3 is 14.6 Å². The van der Waals surface area contributed by atoms with Crippen LogP contribution in [0.5, 0.6) is 5.75 Å². The Morgan fingerprint density at radius 1 is 1.14 bits per heavy atom. The minimum Gasteiger partial charge on any atom is -0.483 e. The second-order valence-corrected chi connectivity index (χ2v) is 8.22. The van der Waals surface area contributed by atoms with Crippen LogP contribution in [0.25, 0.3) is 0 Å². The Bertz CT molecular complexity index is 1010. The molecule has 1 aromatic heterocycles. The lowest BCUT2D eigenvalue weighted by Gasteiger charge is -2.14. The van der Waals surface area contributed by atoms with Gasteiger partial charge in [-0.15, -0.1) is 10.2 Å². The SMILES string of the molecule is C[C@H](Oc1ccccc1)c1nnc(SCC(=O)Nc2cc(Cl)c(Cl)cc2Cl)n1C. The predicted molar refractivity (Wildman–Crippen MR) is 117 cm³/mol. The lowest BCUT2D eigenvalue weighted by Crippen LogP contribution is -2.15. The summed E-state index contributed by atoms with van der Waals surface area (Å²) in [5, 5.41) is 12.6. The zero-order valence-electron chi connectivity index (χ0n) is 15.5. The van der Waals surface area contributed by atoms with Gasteiger partial charge in [-0.3, -0.25) is 4.79 Å². The molecule has 2 aromatic carbocycles. The van der Waals surface area contributed by atoms with Gasteiger partial charge in [0.1, 0.15) is 5.75 Å². The zero-order valence-corrected chi connectivity index (χ0v) is 18.6. The van der Waals surface area contributed by atoms with E-state index in [2.05, 4.69) is 15.5 Å². The van der Waals surface area contributed by atoms with Crippen LogP contribution >= 0.6 is 46.6 Å². The van der Waals surface area contributed by atoms with E-state index in [0.29, 0.717) is 31.7 Å².